The van der Waals surface area contributed by atoms with Gasteiger partial charge in [0, 0.05) is 39.4 Å². The van der Waals surface area contributed by atoms with Crippen LogP contribution >= 0.6 is 24.0 Å². The second-order valence-electron chi connectivity index (χ2n) is 7.57. The number of morpholine rings is 1. The largest absolute Gasteiger partial charge is 0.496 e. The number of ether oxygens (including phenoxy) is 2. The first kappa shape index (κ1) is 25.2. The van der Waals surface area contributed by atoms with E-state index in [9.17, 15) is 0 Å². The Balaban J connectivity index is 0.00000341. The number of nitrogens with zero attached hydrogens (tertiary/aromatic N) is 3. The van der Waals surface area contributed by atoms with Crippen LogP contribution in [0.2, 0.25) is 0 Å². The fourth-order valence-corrected chi connectivity index (χ4v) is 3.56. The molecule has 8 heteroatoms. The van der Waals surface area contributed by atoms with Gasteiger partial charge in [-0.15, -0.1) is 24.0 Å². The Morgan fingerprint density at radius 2 is 2.13 bits per heavy atom. The van der Waals surface area contributed by atoms with Crippen LogP contribution in [0, 0.1) is 6.92 Å². The van der Waals surface area contributed by atoms with Gasteiger partial charge in [0.1, 0.15) is 11.6 Å². The number of aromatic nitrogens is 1. The van der Waals surface area contributed by atoms with Gasteiger partial charge in [-0.2, -0.15) is 0 Å². The summed E-state index contributed by atoms with van der Waals surface area (Å²) in [6.45, 7) is 8.15. The van der Waals surface area contributed by atoms with E-state index in [-0.39, 0.29) is 30.1 Å². The molecule has 7 nitrogen and oxygen atoms in total. The highest BCUT2D eigenvalue weighted by molar-refractivity contribution is 14.0. The number of rotatable bonds is 7. The molecule has 0 bridgehead atoms. The predicted molar refractivity (Wildman–Crippen MR) is 137 cm³/mol. The zero-order chi connectivity index (χ0) is 21.3. The molecule has 0 amide bonds. The van der Waals surface area contributed by atoms with Gasteiger partial charge in [0.2, 0.25) is 0 Å². The van der Waals surface area contributed by atoms with E-state index < -0.39 is 0 Å². The molecule has 1 aromatic carbocycles. The first-order valence-electron chi connectivity index (χ1n) is 10.5. The van der Waals surface area contributed by atoms with Gasteiger partial charge in [0.05, 0.1) is 19.8 Å². The number of benzene rings is 1. The molecule has 0 spiro atoms. The van der Waals surface area contributed by atoms with Crippen molar-refractivity contribution >= 4 is 35.8 Å². The van der Waals surface area contributed by atoms with Crippen molar-refractivity contribution in [2.75, 3.05) is 45.3 Å². The van der Waals surface area contributed by atoms with Crippen molar-refractivity contribution < 1.29 is 9.47 Å². The smallest absolute Gasteiger partial charge is 0.191 e. The molecule has 3 rings (SSSR count). The number of halogens is 1. The van der Waals surface area contributed by atoms with Crippen LogP contribution in [-0.4, -0.2) is 57.4 Å². The molecule has 0 radical (unpaired) electrons. The Hall–Kier alpha value is -2.07. The van der Waals surface area contributed by atoms with Crippen molar-refractivity contribution in [1.82, 2.24) is 15.6 Å². The van der Waals surface area contributed by atoms with Crippen molar-refractivity contribution in [3.63, 3.8) is 0 Å². The summed E-state index contributed by atoms with van der Waals surface area (Å²) in [4.78, 5) is 11.2. The first-order valence-corrected chi connectivity index (χ1v) is 10.5. The van der Waals surface area contributed by atoms with E-state index in [4.69, 9.17) is 9.47 Å². The summed E-state index contributed by atoms with van der Waals surface area (Å²) >= 11 is 0. The third-order valence-electron chi connectivity index (χ3n) is 5.18. The zero-order valence-electron chi connectivity index (χ0n) is 18.9. The Kier molecular flexibility index (Phi) is 10.3. The molecule has 1 aliphatic rings. The van der Waals surface area contributed by atoms with E-state index in [0.717, 1.165) is 55.8 Å². The normalized spacial score (nSPS) is 16.5. The minimum Gasteiger partial charge on any atom is -0.496 e. The molecule has 0 aliphatic carbocycles. The fourth-order valence-electron chi connectivity index (χ4n) is 3.56. The Bertz CT molecular complexity index is 844. The van der Waals surface area contributed by atoms with Gasteiger partial charge < -0.3 is 25.0 Å². The molecule has 1 aliphatic heterocycles. The van der Waals surface area contributed by atoms with Crippen LogP contribution in [0.1, 0.15) is 23.6 Å². The molecular formula is C23H34IN5O2. The average molecular weight is 539 g/mol. The molecule has 1 saturated heterocycles. The molecular weight excluding hydrogens is 505 g/mol. The fraction of sp³-hybridized carbons (Fsp3) is 0.478. The minimum absolute atomic E-state index is 0. The van der Waals surface area contributed by atoms with Crippen molar-refractivity contribution in [2.45, 2.75) is 32.9 Å². The Morgan fingerprint density at radius 3 is 2.81 bits per heavy atom. The molecule has 1 unspecified atom stereocenters. The number of hydrogen-bond acceptors (Lipinski definition) is 5. The maximum absolute atomic E-state index is 5.60. The number of guanidine groups is 1. The summed E-state index contributed by atoms with van der Waals surface area (Å²) in [6.07, 6.45) is 3.03. The van der Waals surface area contributed by atoms with Gasteiger partial charge in [0.15, 0.2) is 5.96 Å². The topological polar surface area (TPSA) is 71.0 Å². The summed E-state index contributed by atoms with van der Waals surface area (Å²) in [5, 5.41) is 6.72. The van der Waals surface area contributed by atoms with Crippen LogP contribution in [0.3, 0.4) is 0 Å². The third-order valence-corrected chi connectivity index (χ3v) is 5.18. The van der Waals surface area contributed by atoms with Crippen molar-refractivity contribution in [3.05, 3.63) is 53.2 Å². The lowest BCUT2D eigenvalue weighted by atomic mass is 10.1. The average Bonchev–Trinajstić information content (AvgIpc) is 2.76. The zero-order valence-corrected chi connectivity index (χ0v) is 21.2. The number of anilines is 1. The van der Waals surface area contributed by atoms with Gasteiger partial charge in [0.25, 0.3) is 0 Å². The summed E-state index contributed by atoms with van der Waals surface area (Å²) in [5.41, 5.74) is 3.54. The number of aryl methyl sites for hydroxylation is 1. The van der Waals surface area contributed by atoms with E-state index in [1.165, 1.54) is 11.1 Å². The lowest BCUT2D eigenvalue weighted by Gasteiger charge is -2.32. The van der Waals surface area contributed by atoms with Crippen molar-refractivity contribution in [1.29, 1.82) is 0 Å². The molecule has 170 valence electrons. The highest BCUT2D eigenvalue weighted by Gasteiger charge is 2.17. The van der Waals surface area contributed by atoms with E-state index >= 15 is 0 Å². The van der Waals surface area contributed by atoms with E-state index in [1.807, 2.05) is 12.3 Å². The predicted octanol–water partition coefficient (Wildman–Crippen LogP) is 3.15. The van der Waals surface area contributed by atoms with Crippen molar-refractivity contribution in [2.24, 2.45) is 4.99 Å². The van der Waals surface area contributed by atoms with E-state index in [1.54, 1.807) is 14.2 Å². The molecule has 1 aromatic heterocycles. The van der Waals surface area contributed by atoms with Crippen LogP contribution in [0.4, 0.5) is 5.82 Å². The van der Waals surface area contributed by atoms with Crippen LogP contribution < -0.4 is 20.3 Å². The summed E-state index contributed by atoms with van der Waals surface area (Å²) < 4.78 is 11.1. The number of nitrogens with one attached hydrogen (secondary N) is 2. The Morgan fingerprint density at radius 1 is 1.29 bits per heavy atom. The van der Waals surface area contributed by atoms with Crippen LogP contribution in [0.25, 0.3) is 0 Å². The monoisotopic (exact) mass is 539 g/mol. The first-order chi connectivity index (χ1) is 14.6. The summed E-state index contributed by atoms with van der Waals surface area (Å²) in [7, 11) is 3.49. The molecule has 2 heterocycles. The van der Waals surface area contributed by atoms with Crippen molar-refractivity contribution in [3.8, 4) is 5.75 Å². The quantitative estimate of drug-likeness (QED) is 0.320. The molecule has 2 aromatic rings. The van der Waals surface area contributed by atoms with E-state index in [0.29, 0.717) is 6.54 Å². The maximum Gasteiger partial charge on any atom is 0.191 e. The number of methoxy groups -OCH3 is 1. The minimum atomic E-state index is 0. The number of hydrogen-bond donors (Lipinski definition) is 2. The highest BCUT2D eigenvalue weighted by atomic mass is 127. The van der Waals surface area contributed by atoms with Gasteiger partial charge in [-0.25, -0.2) is 4.98 Å². The SMILES string of the molecule is CN=C(NCCc1cc(C)ccc1OC)NCc1ccc(N2CCOC(C)C2)nc1.I. The summed E-state index contributed by atoms with van der Waals surface area (Å²) in [6, 6.07) is 10.4. The lowest BCUT2D eigenvalue weighted by molar-refractivity contribution is 0.0529. The molecule has 2 N–H and O–H groups in total. The van der Waals surface area contributed by atoms with Crippen LogP contribution in [0.5, 0.6) is 5.75 Å². The molecule has 1 fully saturated rings. The third kappa shape index (κ3) is 7.53. The Labute approximate surface area is 202 Å². The standard InChI is InChI=1S/C23H33N5O2.HI/c1-17-5-7-21(29-4)20(13-17)9-10-25-23(24-3)27-15-19-6-8-22(26-14-19)28-11-12-30-18(2)16-28;/h5-8,13-14,18H,9-12,15-16H2,1-4H3,(H2,24,25,27);1H. The van der Waals surface area contributed by atoms with Gasteiger partial charge >= 0.3 is 0 Å². The second kappa shape index (κ2) is 12.7. The lowest BCUT2D eigenvalue weighted by Crippen LogP contribution is -2.41. The number of pyridine rings is 1. The molecule has 1 atom stereocenters. The van der Waals surface area contributed by atoms with Gasteiger partial charge in [-0.1, -0.05) is 23.8 Å². The van der Waals surface area contributed by atoms with E-state index in [2.05, 4.69) is 63.6 Å². The maximum atomic E-state index is 5.60. The number of aliphatic imine (C=N–C) groups is 1. The second-order valence-corrected chi connectivity index (χ2v) is 7.57. The van der Waals surface area contributed by atoms with Gasteiger partial charge in [-0.05, 0) is 43.5 Å². The van der Waals surface area contributed by atoms with Crippen LogP contribution in [0.15, 0.2) is 41.5 Å². The summed E-state index contributed by atoms with van der Waals surface area (Å²) in [5.74, 6) is 2.70. The molecule has 0 saturated carbocycles. The van der Waals surface area contributed by atoms with Gasteiger partial charge in [-0.3, -0.25) is 4.99 Å². The highest BCUT2D eigenvalue weighted by Crippen LogP contribution is 2.19. The molecule has 31 heavy (non-hydrogen) atoms. The van der Waals surface area contributed by atoms with Crippen LogP contribution in [-0.2, 0) is 17.7 Å².